The Hall–Kier alpha value is -3.23. The van der Waals surface area contributed by atoms with Gasteiger partial charge in [-0.1, -0.05) is 60.7 Å². The average molecular weight is 478 g/mol. The molecule has 0 radical (unpaired) electrons. The highest BCUT2D eigenvalue weighted by molar-refractivity contribution is 5.99. The highest BCUT2D eigenvalue weighted by atomic mass is 16.5. The van der Waals surface area contributed by atoms with Gasteiger partial charge in [0.25, 0.3) is 0 Å². The summed E-state index contributed by atoms with van der Waals surface area (Å²) < 4.78 is 6.38. The van der Waals surface area contributed by atoms with Crippen LogP contribution in [0.3, 0.4) is 0 Å². The van der Waals surface area contributed by atoms with Gasteiger partial charge in [0.05, 0.1) is 30.6 Å². The van der Waals surface area contributed by atoms with Gasteiger partial charge in [-0.3, -0.25) is 14.4 Å². The molecule has 0 aliphatic carbocycles. The van der Waals surface area contributed by atoms with Crippen molar-refractivity contribution in [3.8, 4) is 0 Å². The molecule has 2 aromatic carbocycles. The molecule has 3 N–H and O–H groups in total. The number of amides is 3. The van der Waals surface area contributed by atoms with Crippen LogP contribution in [-0.2, 0) is 32.1 Å². The minimum absolute atomic E-state index is 0.246. The number of nitrogens with one attached hydrogen (secondary N) is 2. The second-order valence-electron chi connectivity index (χ2n) is 9.65. The van der Waals surface area contributed by atoms with E-state index in [2.05, 4.69) is 10.6 Å². The van der Waals surface area contributed by atoms with Gasteiger partial charge < -0.3 is 25.4 Å². The minimum Gasteiger partial charge on any atom is -0.394 e. The molecule has 0 aromatic heterocycles. The molecule has 3 heterocycles. The van der Waals surface area contributed by atoms with E-state index in [4.69, 9.17) is 4.74 Å². The Kier molecular flexibility index (Phi) is 6.34. The molecule has 3 saturated heterocycles. The number of aliphatic hydroxyl groups excluding tert-OH is 1. The third-order valence-electron chi connectivity index (χ3n) is 7.76. The molecule has 35 heavy (non-hydrogen) atoms. The second-order valence-corrected chi connectivity index (χ2v) is 9.65. The molecule has 184 valence electrons. The number of ether oxygens (including phenoxy) is 1. The topological polar surface area (TPSA) is 108 Å². The Balaban J connectivity index is 1.50. The van der Waals surface area contributed by atoms with E-state index in [1.165, 1.54) is 4.90 Å². The molecular weight excluding hydrogens is 446 g/mol. The van der Waals surface area contributed by atoms with Gasteiger partial charge >= 0.3 is 0 Å². The average Bonchev–Trinajstić information content (AvgIpc) is 3.54. The van der Waals surface area contributed by atoms with E-state index in [0.717, 1.165) is 11.1 Å². The van der Waals surface area contributed by atoms with Crippen molar-refractivity contribution in [3.05, 3.63) is 71.8 Å². The van der Waals surface area contributed by atoms with Gasteiger partial charge in [-0.15, -0.1) is 0 Å². The maximum Gasteiger partial charge on any atom is 0.246 e. The number of carbonyl (C=O) groups excluding carboxylic acids is 3. The van der Waals surface area contributed by atoms with Crippen LogP contribution in [-0.4, -0.2) is 65.2 Å². The number of carbonyl (C=O) groups is 3. The number of hydrogen-bond donors (Lipinski definition) is 3. The van der Waals surface area contributed by atoms with Crippen LogP contribution in [0.4, 0.5) is 0 Å². The molecule has 8 nitrogen and oxygen atoms in total. The van der Waals surface area contributed by atoms with Crippen molar-refractivity contribution in [3.63, 3.8) is 0 Å². The molecular formula is C27H31N3O5. The number of hydrogen-bond acceptors (Lipinski definition) is 5. The predicted molar refractivity (Wildman–Crippen MR) is 128 cm³/mol. The molecule has 8 heteroatoms. The van der Waals surface area contributed by atoms with Crippen molar-refractivity contribution in [2.45, 2.75) is 49.6 Å². The summed E-state index contributed by atoms with van der Waals surface area (Å²) in [5.74, 6) is -2.26. The first-order chi connectivity index (χ1) is 17.0. The van der Waals surface area contributed by atoms with E-state index in [0.29, 0.717) is 25.8 Å². The van der Waals surface area contributed by atoms with Crippen LogP contribution in [0.5, 0.6) is 0 Å². The van der Waals surface area contributed by atoms with Crippen LogP contribution in [0.25, 0.3) is 0 Å². The normalized spacial score (nSPS) is 29.7. The summed E-state index contributed by atoms with van der Waals surface area (Å²) >= 11 is 0. The van der Waals surface area contributed by atoms with E-state index in [-0.39, 0.29) is 24.3 Å². The van der Waals surface area contributed by atoms with Crippen LogP contribution >= 0.6 is 0 Å². The fourth-order valence-corrected chi connectivity index (χ4v) is 6.27. The van der Waals surface area contributed by atoms with Gasteiger partial charge in [0.2, 0.25) is 17.7 Å². The number of aliphatic hydroxyl groups is 1. The highest BCUT2D eigenvalue weighted by Gasteiger charge is 2.74. The van der Waals surface area contributed by atoms with Crippen molar-refractivity contribution < 1.29 is 24.2 Å². The van der Waals surface area contributed by atoms with Crippen molar-refractivity contribution in [1.29, 1.82) is 0 Å². The molecule has 0 saturated carbocycles. The Bertz CT molecular complexity index is 1090. The zero-order chi connectivity index (χ0) is 24.6. The van der Waals surface area contributed by atoms with Crippen LogP contribution in [0.1, 0.15) is 24.0 Å². The number of benzene rings is 2. The fourth-order valence-electron chi connectivity index (χ4n) is 6.27. The van der Waals surface area contributed by atoms with Crippen molar-refractivity contribution in [2.75, 3.05) is 13.7 Å². The molecule has 5 rings (SSSR count). The molecule has 2 unspecified atom stereocenters. The number of fused-ring (bicyclic) bond motifs is 1. The smallest absolute Gasteiger partial charge is 0.246 e. The lowest BCUT2D eigenvalue weighted by Crippen LogP contribution is -2.58. The molecule has 3 fully saturated rings. The first kappa shape index (κ1) is 23.5. The van der Waals surface area contributed by atoms with Crippen LogP contribution < -0.4 is 10.6 Å². The van der Waals surface area contributed by atoms with Gasteiger partial charge in [-0.2, -0.15) is 0 Å². The molecule has 2 bridgehead atoms. The Labute approximate surface area is 204 Å². The Morgan fingerprint density at radius 3 is 2.37 bits per heavy atom. The number of nitrogens with zero attached hydrogens (tertiary/aromatic N) is 1. The number of likely N-dealkylation sites (tertiary alicyclic amines) is 1. The third kappa shape index (κ3) is 3.90. The van der Waals surface area contributed by atoms with Gasteiger partial charge in [-0.25, -0.2) is 0 Å². The molecule has 3 aliphatic heterocycles. The Morgan fingerprint density at radius 1 is 1.09 bits per heavy atom. The maximum absolute atomic E-state index is 14.0. The van der Waals surface area contributed by atoms with E-state index in [9.17, 15) is 19.5 Å². The van der Waals surface area contributed by atoms with Crippen molar-refractivity contribution in [1.82, 2.24) is 15.5 Å². The van der Waals surface area contributed by atoms with E-state index in [1.807, 2.05) is 60.7 Å². The van der Waals surface area contributed by atoms with Gasteiger partial charge in [-0.05, 0) is 30.4 Å². The summed E-state index contributed by atoms with van der Waals surface area (Å²) in [6.45, 7) is 0.00367. The molecule has 1 spiro atoms. The first-order valence-electron chi connectivity index (χ1n) is 12.2. The zero-order valence-electron chi connectivity index (χ0n) is 19.7. The van der Waals surface area contributed by atoms with Crippen LogP contribution in [0.2, 0.25) is 0 Å². The van der Waals surface area contributed by atoms with E-state index < -0.39 is 35.6 Å². The fraction of sp³-hybridized carbons (Fsp3) is 0.444. The van der Waals surface area contributed by atoms with Crippen molar-refractivity contribution >= 4 is 17.7 Å². The maximum atomic E-state index is 14.0. The minimum atomic E-state index is -1.08. The lowest BCUT2D eigenvalue weighted by molar-refractivity contribution is -0.145. The largest absolute Gasteiger partial charge is 0.394 e. The summed E-state index contributed by atoms with van der Waals surface area (Å²) in [4.78, 5) is 42.0. The summed E-state index contributed by atoms with van der Waals surface area (Å²) in [7, 11) is 1.55. The quantitative estimate of drug-likeness (QED) is 0.526. The lowest BCUT2D eigenvalue weighted by Gasteiger charge is -2.36. The van der Waals surface area contributed by atoms with Crippen LogP contribution in [0.15, 0.2) is 60.7 Å². The van der Waals surface area contributed by atoms with E-state index >= 15 is 0 Å². The monoisotopic (exact) mass is 477 g/mol. The third-order valence-corrected chi connectivity index (χ3v) is 7.76. The Morgan fingerprint density at radius 2 is 1.74 bits per heavy atom. The summed E-state index contributed by atoms with van der Waals surface area (Å²) in [5, 5.41) is 16.0. The molecule has 2 aromatic rings. The second kappa shape index (κ2) is 9.43. The van der Waals surface area contributed by atoms with E-state index in [1.54, 1.807) is 7.05 Å². The van der Waals surface area contributed by atoms with Gasteiger partial charge in [0.1, 0.15) is 11.6 Å². The molecule has 6 atom stereocenters. The summed E-state index contributed by atoms with van der Waals surface area (Å²) in [5.41, 5.74) is 0.808. The van der Waals surface area contributed by atoms with Gasteiger partial charge in [0.15, 0.2) is 0 Å². The molecule has 3 amide bonds. The summed E-state index contributed by atoms with van der Waals surface area (Å²) in [6, 6.07) is 17.6. The first-order valence-corrected chi connectivity index (χ1v) is 12.2. The number of rotatable bonds is 8. The highest BCUT2D eigenvalue weighted by Crippen LogP contribution is 2.58. The zero-order valence-corrected chi connectivity index (χ0v) is 19.7. The standard InChI is InChI=1S/C27H31N3O5/c1-28-24(32)21-20-12-13-27(35-20)22(21)26(34)30(19(16-31)14-17-8-4-2-5-9-17)23(27)25(33)29-15-18-10-6-3-7-11-18/h2-11,19-23,31H,12-16H2,1H3,(H,28,32)(H,29,33)/t19-,20-,21+,22+,23?,27?/m1/s1. The van der Waals surface area contributed by atoms with Crippen molar-refractivity contribution in [2.24, 2.45) is 11.8 Å². The SMILES string of the molecule is CNC(=O)[C@@H]1[C@H]2C(=O)N([C@@H](CO)Cc3ccccc3)C(C(=O)NCc3ccccc3)C23CC[C@H]1O3. The summed E-state index contributed by atoms with van der Waals surface area (Å²) in [6.07, 6.45) is 1.13. The van der Waals surface area contributed by atoms with Gasteiger partial charge in [0, 0.05) is 13.6 Å². The lowest BCUT2D eigenvalue weighted by atomic mass is 9.70. The van der Waals surface area contributed by atoms with Crippen LogP contribution in [0, 0.1) is 11.8 Å². The predicted octanol–water partition coefficient (Wildman–Crippen LogP) is 1.03. The molecule has 3 aliphatic rings.